The number of aryl methyl sites for hydroxylation is 2. The molecule has 4 heteroatoms. The lowest BCUT2D eigenvalue weighted by Gasteiger charge is -2.14. The van der Waals surface area contributed by atoms with Crippen LogP contribution >= 0.6 is 0 Å². The van der Waals surface area contributed by atoms with Gasteiger partial charge in [-0.3, -0.25) is 0 Å². The molecule has 0 fully saturated rings. The maximum Gasteiger partial charge on any atom is 0.155 e. The first-order valence-electron chi connectivity index (χ1n) is 7.23. The minimum Gasteiger partial charge on any atom is -0.306 e. The highest BCUT2D eigenvalue weighted by atomic mass is 15.2. The number of hydrogen-bond donors (Lipinski definition) is 1. The van der Waals surface area contributed by atoms with Crippen molar-refractivity contribution in [3.63, 3.8) is 0 Å². The average Bonchev–Trinajstić information content (AvgIpc) is 2.84. The lowest BCUT2D eigenvalue weighted by atomic mass is 10.1. The van der Waals surface area contributed by atoms with E-state index in [0.717, 1.165) is 23.4 Å². The number of fused-ring (bicyclic) bond motifs is 1. The van der Waals surface area contributed by atoms with E-state index in [2.05, 4.69) is 53.5 Å². The second-order valence-electron chi connectivity index (χ2n) is 5.57. The van der Waals surface area contributed by atoms with Crippen LogP contribution in [-0.2, 0) is 6.54 Å². The summed E-state index contributed by atoms with van der Waals surface area (Å²) in [4.78, 5) is 4.43. The Hall–Kier alpha value is -2.20. The van der Waals surface area contributed by atoms with Crippen molar-refractivity contribution in [1.29, 1.82) is 0 Å². The van der Waals surface area contributed by atoms with Crippen molar-refractivity contribution < 1.29 is 0 Å². The zero-order valence-electron chi connectivity index (χ0n) is 12.7. The third-order valence-electron chi connectivity index (χ3n) is 3.64. The summed E-state index contributed by atoms with van der Waals surface area (Å²) in [5.41, 5.74) is 5.60. The van der Waals surface area contributed by atoms with Crippen LogP contribution in [0.25, 0.3) is 5.65 Å². The molecule has 21 heavy (non-hydrogen) atoms. The van der Waals surface area contributed by atoms with Gasteiger partial charge in [-0.05, 0) is 26.3 Å². The molecule has 2 aromatic heterocycles. The molecule has 0 unspecified atom stereocenters. The van der Waals surface area contributed by atoms with E-state index in [0.29, 0.717) is 6.04 Å². The lowest BCUT2D eigenvalue weighted by molar-refractivity contribution is 0.571. The predicted molar refractivity (Wildman–Crippen MR) is 84.2 cm³/mol. The molecule has 0 aliphatic carbocycles. The maximum absolute atomic E-state index is 4.43. The molecule has 1 atom stereocenters. The third-order valence-corrected chi connectivity index (χ3v) is 3.64. The summed E-state index contributed by atoms with van der Waals surface area (Å²) in [5, 5.41) is 7.93. The Morgan fingerprint density at radius 3 is 2.90 bits per heavy atom. The van der Waals surface area contributed by atoms with Crippen molar-refractivity contribution in [2.75, 3.05) is 0 Å². The fourth-order valence-electron chi connectivity index (χ4n) is 2.45. The largest absolute Gasteiger partial charge is 0.306 e. The normalized spacial score (nSPS) is 12.7. The Morgan fingerprint density at radius 2 is 2.10 bits per heavy atom. The van der Waals surface area contributed by atoms with E-state index in [1.54, 1.807) is 0 Å². The number of hydrogen-bond acceptors (Lipinski definition) is 3. The van der Waals surface area contributed by atoms with E-state index in [4.69, 9.17) is 0 Å². The van der Waals surface area contributed by atoms with Crippen molar-refractivity contribution in [1.82, 2.24) is 19.9 Å². The van der Waals surface area contributed by atoms with Crippen LogP contribution in [0.5, 0.6) is 0 Å². The Labute approximate surface area is 124 Å². The molecule has 4 nitrogen and oxygen atoms in total. The highest BCUT2D eigenvalue weighted by Gasteiger charge is 2.06. The molecule has 1 N–H and O–H groups in total. The maximum atomic E-state index is 4.43. The molecular formula is C17H20N4. The van der Waals surface area contributed by atoms with Crippen LogP contribution in [0.1, 0.15) is 35.3 Å². The van der Waals surface area contributed by atoms with Crippen LogP contribution in [0.15, 0.2) is 42.7 Å². The Kier molecular flexibility index (Phi) is 3.71. The van der Waals surface area contributed by atoms with Crippen LogP contribution in [0.3, 0.4) is 0 Å². The first kappa shape index (κ1) is 13.8. The number of aromatic nitrogens is 3. The van der Waals surface area contributed by atoms with Gasteiger partial charge in [0.1, 0.15) is 0 Å². The monoisotopic (exact) mass is 280 g/mol. The Morgan fingerprint density at radius 1 is 1.24 bits per heavy atom. The van der Waals surface area contributed by atoms with Gasteiger partial charge < -0.3 is 5.32 Å². The van der Waals surface area contributed by atoms with E-state index in [1.807, 2.05) is 29.9 Å². The van der Waals surface area contributed by atoms with Crippen LogP contribution < -0.4 is 5.32 Å². The van der Waals surface area contributed by atoms with Crippen LogP contribution in [0.2, 0.25) is 0 Å². The van der Waals surface area contributed by atoms with Crippen molar-refractivity contribution in [3.05, 3.63) is 65.1 Å². The summed E-state index contributed by atoms with van der Waals surface area (Å²) >= 11 is 0. The van der Waals surface area contributed by atoms with Gasteiger partial charge in [-0.25, -0.2) is 9.50 Å². The minimum absolute atomic E-state index is 0.306. The van der Waals surface area contributed by atoms with Crippen LogP contribution in [-0.4, -0.2) is 14.6 Å². The smallest absolute Gasteiger partial charge is 0.155 e. The second-order valence-corrected chi connectivity index (χ2v) is 5.57. The van der Waals surface area contributed by atoms with Gasteiger partial charge in [0, 0.05) is 36.6 Å². The fraction of sp³-hybridized carbons (Fsp3) is 0.294. The number of rotatable bonds is 4. The molecule has 2 heterocycles. The van der Waals surface area contributed by atoms with Gasteiger partial charge in [-0.1, -0.05) is 29.8 Å². The van der Waals surface area contributed by atoms with Gasteiger partial charge in [-0.2, -0.15) is 5.10 Å². The Balaban J connectivity index is 1.70. The topological polar surface area (TPSA) is 42.2 Å². The molecule has 0 aliphatic rings. The van der Waals surface area contributed by atoms with Gasteiger partial charge in [-0.15, -0.1) is 0 Å². The molecule has 1 aromatic carbocycles. The molecule has 0 bridgehead atoms. The predicted octanol–water partition coefficient (Wildman–Crippen LogP) is 3.20. The number of nitrogens with zero attached hydrogens (tertiary/aromatic N) is 3. The first-order chi connectivity index (χ1) is 10.1. The van der Waals surface area contributed by atoms with Gasteiger partial charge in [0.2, 0.25) is 0 Å². The van der Waals surface area contributed by atoms with E-state index in [-0.39, 0.29) is 0 Å². The van der Waals surface area contributed by atoms with Crippen molar-refractivity contribution in [3.8, 4) is 0 Å². The van der Waals surface area contributed by atoms with E-state index in [1.165, 1.54) is 11.1 Å². The molecule has 0 saturated carbocycles. The molecule has 0 spiro atoms. The van der Waals surface area contributed by atoms with Gasteiger partial charge in [0.15, 0.2) is 5.65 Å². The van der Waals surface area contributed by atoms with E-state index < -0.39 is 0 Å². The molecule has 0 aliphatic heterocycles. The van der Waals surface area contributed by atoms with E-state index in [9.17, 15) is 0 Å². The summed E-state index contributed by atoms with van der Waals surface area (Å²) in [6.45, 7) is 7.05. The Bertz CT molecular complexity index is 760. The van der Waals surface area contributed by atoms with Crippen molar-refractivity contribution >= 4 is 5.65 Å². The molecule has 0 radical (unpaired) electrons. The fourth-order valence-corrected chi connectivity index (χ4v) is 2.45. The molecular weight excluding hydrogens is 260 g/mol. The van der Waals surface area contributed by atoms with Gasteiger partial charge in [0.25, 0.3) is 0 Å². The van der Waals surface area contributed by atoms with Gasteiger partial charge >= 0.3 is 0 Å². The SMILES string of the molecule is Cc1cccc([C@H](C)NCc2cnc3cc(C)nn3c2)c1. The number of benzene rings is 1. The molecule has 3 rings (SSSR count). The highest BCUT2D eigenvalue weighted by Crippen LogP contribution is 2.14. The zero-order valence-corrected chi connectivity index (χ0v) is 12.7. The van der Waals surface area contributed by atoms with Crippen molar-refractivity contribution in [2.24, 2.45) is 0 Å². The summed E-state index contributed by atoms with van der Waals surface area (Å²) in [5.74, 6) is 0. The molecule has 0 amide bonds. The summed E-state index contributed by atoms with van der Waals surface area (Å²) in [6.07, 6.45) is 3.94. The lowest BCUT2D eigenvalue weighted by Crippen LogP contribution is -2.18. The summed E-state index contributed by atoms with van der Waals surface area (Å²) in [7, 11) is 0. The summed E-state index contributed by atoms with van der Waals surface area (Å²) < 4.78 is 1.84. The van der Waals surface area contributed by atoms with Crippen molar-refractivity contribution in [2.45, 2.75) is 33.4 Å². The van der Waals surface area contributed by atoms with E-state index >= 15 is 0 Å². The van der Waals surface area contributed by atoms with Gasteiger partial charge in [0.05, 0.1) is 5.69 Å². The molecule has 0 saturated heterocycles. The van der Waals surface area contributed by atoms with Crippen LogP contribution in [0.4, 0.5) is 0 Å². The second kappa shape index (κ2) is 5.66. The highest BCUT2D eigenvalue weighted by molar-refractivity contribution is 5.38. The minimum atomic E-state index is 0.306. The first-order valence-corrected chi connectivity index (χ1v) is 7.23. The standard InChI is InChI=1S/C17H20N4/c1-12-5-4-6-16(7-12)14(3)18-9-15-10-19-17-8-13(2)20-21(17)11-15/h4-8,10-11,14,18H,9H2,1-3H3/t14-/m0/s1. The number of nitrogens with one attached hydrogen (secondary N) is 1. The average molecular weight is 280 g/mol. The van der Waals surface area contributed by atoms with Crippen LogP contribution in [0, 0.1) is 13.8 Å². The summed E-state index contributed by atoms with van der Waals surface area (Å²) in [6, 6.07) is 10.9. The molecule has 3 aromatic rings. The zero-order chi connectivity index (χ0) is 14.8. The third kappa shape index (κ3) is 3.11. The quantitative estimate of drug-likeness (QED) is 0.798. The molecule has 108 valence electrons.